The summed E-state index contributed by atoms with van der Waals surface area (Å²) in [5.41, 5.74) is 11.1. The average Bonchev–Trinajstić information content (AvgIpc) is 3.86. The van der Waals surface area contributed by atoms with Crippen molar-refractivity contribution in [3.63, 3.8) is 0 Å². The Balaban J connectivity index is 0.000000477. The number of aromatic nitrogens is 5. The number of ether oxygens (including phenoxy) is 2. The van der Waals surface area contributed by atoms with Crippen molar-refractivity contribution >= 4 is 60.5 Å². The third-order valence-electron chi connectivity index (χ3n) is 8.63. The van der Waals surface area contributed by atoms with Crippen LogP contribution in [0.3, 0.4) is 0 Å². The summed E-state index contributed by atoms with van der Waals surface area (Å²) >= 11 is 0. The van der Waals surface area contributed by atoms with Crippen LogP contribution in [-0.4, -0.2) is 178 Å². The number of hydrogen-bond donors (Lipinski definition) is 15. The van der Waals surface area contributed by atoms with Gasteiger partial charge in [-0.2, -0.15) is 8.88 Å². The molecule has 2 unspecified atom stereocenters. The van der Waals surface area contributed by atoms with Crippen molar-refractivity contribution in [3.05, 3.63) is 42.7 Å². The zero-order valence-electron chi connectivity index (χ0n) is 31.9. The first-order chi connectivity index (χ1) is 29.5. The number of hydrogen-bond acceptors (Lipinski definition) is 24. The van der Waals surface area contributed by atoms with E-state index >= 15 is 0 Å². The van der Waals surface area contributed by atoms with Crippen LogP contribution in [0.15, 0.2) is 37.2 Å². The van der Waals surface area contributed by atoms with Crippen molar-refractivity contribution in [1.82, 2.24) is 19.5 Å². The molecule has 3 aromatic heterocycles. The smallest absolute Gasteiger partial charge is 0.388 e. The van der Waals surface area contributed by atoms with Gasteiger partial charge in [-0.1, -0.05) is 0 Å². The summed E-state index contributed by atoms with van der Waals surface area (Å²) in [7, 11) is -21.1. The number of nitrogens with two attached hydrogens (primary N) is 2. The van der Waals surface area contributed by atoms with Crippen LogP contribution < -0.4 is 16.0 Å². The molecule has 64 heavy (non-hydrogen) atoms. The number of anilines is 1. The van der Waals surface area contributed by atoms with Gasteiger partial charge in [-0.3, -0.25) is 27.5 Å². The van der Waals surface area contributed by atoms with E-state index in [-0.39, 0.29) is 28.8 Å². The molecule has 1 amide bonds. The number of primary amides is 1. The zero-order chi connectivity index (χ0) is 48.1. The van der Waals surface area contributed by atoms with E-state index in [2.05, 4.69) is 28.3 Å². The van der Waals surface area contributed by atoms with Gasteiger partial charge in [-0.25, -0.2) is 33.2 Å². The molecule has 3 aromatic rings. The maximum atomic E-state index is 12.6. The average molecular weight is 1000 g/mol. The normalized spacial score (nSPS) is 27.7. The summed E-state index contributed by atoms with van der Waals surface area (Å²) in [5, 5.41) is 67.6. The highest BCUT2D eigenvalue weighted by atomic mass is 31.3. The van der Waals surface area contributed by atoms with E-state index in [1.807, 2.05) is 0 Å². The summed E-state index contributed by atoms with van der Waals surface area (Å²) in [6, 6.07) is 2.79. The lowest BCUT2D eigenvalue weighted by Crippen LogP contribution is -2.46. The largest absolute Gasteiger partial charge is 0.481 e. The highest BCUT2D eigenvalue weighted by molar-refractivity contribution is 7.61. The minimum Gasteiger partial charge on any atom is -0.388 e. The van der Waals surface area contributed by atoms with Crippen LogP contribution in [0.4, 0.5) is 5.82 Å². The fraction of sp³-hybridized carbons (Fsp3) is 0.556. The highest BCUT2D eigenvalue weighted by Gasteiger charge is 2.52. The number of phosphoric acid groups is 4. The molecule has 2 saturated heterocycles. The van der Waals surface area contributed by atoms with Gasteiger partial charge in [0, 0.05) is 6.07 Å². The Morgan fingerprint density at radius 1 is 0.859 bits per heavy atom. The Hall–Kier alpha value is -3.24. The lowest BCUT2D eigenvalue weighted by molar-refractivity contribution is -0.765. The van der Waals surface area contributed by atoms with Crippen LogP contribution in [0.1, 0.15) is 22.8 Å². The van der Waals surface area contributed by atoms with Gasteiger partial charge in [-0.05, 0) is 6.07 Å². The summed E-state index contributed by atoms with van der Waals surface area (Å²) in [4.78, 5) is 88.7. The number of nitrogens with zero attached hydrogens (tertiary/aromatic N) is 5. The zero-order valence-corrected chi connectivity index (χ0v) is 35.5. The first kappa shape index (κ1) is 53.4. The quantitative estimate of drug-likeness (QED) is 0.0284. The molecule has 0 saturated carbocycles. The molecule has 0 aromatic carbocycles. The third kappa shape index (κ3) is 14.4. The predicted octanol–water partition coefficient (Wildman–Crippen LogP) is -6.16. The Morgan fingerprint density at radius 3 is 2.03 bits per heavy atom. The van der Waals surface area contributed by atoms with Gasteiger partial charge in [0.05, 0.1) is 26.1 Å². The topological polar surface area (TPSA) is 530 Å². The number of nitrogen functional groups attached to an aromatic ring is 1. The predicted molar refractivity (Wildman–Crippen MR) is 198 cm³/mol. The maximum absolute atomic E-state index is 12.6. The number of imidazole rings is 1. The van der Waals surface area contributed by atoms with Crippen molar-refractivity contribution in [2.24, 2.45) is 5.73 Å². The lowest BCUT2D eigenvalue weighted by atomic mass is 10.0. The van der Waals surface area contributed by atoms with Crippen molar-refractivity contribution in [1.29, 1.82) is 0 Å². The van der Waals surface area contributed by atoms with E-state index in [0.29, 0.717) is 0 Å². The Kier molecular flexibility index (Phi) is 18.0. The van der Waals surface area contributed by atoms with E-state index in [1.165, 1.54) is 29.1 Å². The SMILES string of the molecule is NC(=O)c1ccc[n+]([C@@H]2O[C@H](COP(=O)(O)OP(=O)(O)OC[C@H]3O[C@@H](n4cnc5c(N)ncnc54)[C@H](OP(=O)(O)O)[C@@H]3O)[C@@H](O)[C@H]2O)c1.O=C[C@H](O)[C@@H](O)[C@H](O)[C@H](O)COP(=O)(O)O. The molecular weight excluding hydrogens is 962 g/mol. The van der Waals surface area contributed by atoms with Crippen LogP contribution in [0.5, 0.6) is 0 Å². The molecular formula is C27H42N7O26P4+. The number of carbonyl (C=O) groups is 2. The number of amides is 1. The number of carbonyl (C=O) groups excluding carboxylic acids is 2. The molecule has 2 aliphatic rings. The van der Waals surface area contributed by atoms with Crippen LogP contribution in [0, 0.1) is 0 Å². The lowest BCUT2D eigenvalue weighted by Gasteiger charge is -2.23. The van der Waals surface area contributed by atoms with Crippen molar-refractivity contribution in [3.8, 4) is 0 Å². The highest BCUT2D eigenvalue weighted by Crippen LogP contribution is 2.61. The van der Waals surface area contributed by atoms with E-state index in [4.69, 9.17) is 60.2 Å². The minimum absolute atomic E-state index is 0.00286. The molecule has 5 rings (SSSR count). The van der Waals surface area contributed by atoms with Crippen LogP contribution in [0.2, 0.25) is 0 Å². The first-order valence-corrected chi connectivity index (χ1v) is 23.5. The second-order valence-corrected chi connectivity index (χ2v) is 18.7. The molecule has 17 N–H and O–H groups in total. The monoisotopic (exact) mass is 1000 g/mol. The van der Waals surface area contributed by atoms with Gasteiger partial charge < -0.3 is 90.8 Å². The Labute approximate surface area is 356 Å². The number of aliphatic hydroxyl groups excluding tert-OH is 7. The van der Waals surface area contributed by atoms with E-state index in [0.717, 1.165) is 17.2 Å². The van der Waals surface area contributed by atoms with E-state index in [1.54, 1.807) is 0 Å². The molecule has 2 fully saturated rings. The van der Waals surface area contributed by atoms with Gasteiger partial charge in [0.2, 0.25) is 0 Å². The molecule has 33 nitrogen and oxygen atoms in total. The van der Waals surface area contributed by atoms with Crippen LogP contribution in [0.25, 0.3) is 11.2 Å². The molecule has 37 heteroatoms. The van der Waals surface area contributed by atoms with Gasteiger partial charge in [0.25, 0.3) is 12.1 Å². The summed E-state index contributed by atoms with van der Waals surface area (Å²) in [5.74, 6) is -0.848. The van der Waals surface area contributed by atoms with E-state index in [9.17, 15) is 62.7 Å². The molecule has 0 aliphatic carbocycles. The summed E-state index contributed by atoms with van der Waals surface area (Å²) in [6.45, 7) is -3.00. The van der Waals surface area contributed by atoms with Crippen molar-refractivity contribution in [2.45, 2.75) is 73.5 Å². The minimum atomic E-state index is -5.52. The van der Waals surface area contributed by atoms with Gasteiger partial charge in [0.1, 0.15) is 72.3 Å². The second kappa shape index (κ2) is 21.6. The van der Waals surface area contributed by atoms with Gasteiger partial charge in [0.15, 0.2) is 42.5 Å². The Morgan fingerprint density at radius 2 is 1.47 bits per heavy atom. The number of aldehydes is 1. The van der Waals surface area contributed by atoms with Gasteiger partial charge in [-0.15, -0.1) is 0 Å². The van der Waals surface area contributed by atoms with Crippen LogP contribution in [-0.2, 0) is 54.9 Å². The summed E-state index contributed by atoms with van der Waals surface area (Å²) in [6.07, 6.45) is -16.2. The summed E-state index contributed by atoms with van der Waals surface area (Å²) < 4.78 is 82.5. The fourth-order valence-electron chi connectivity index (χ4n) is 5.61. The fourth-order valence-corrected chi connectivity index (χ4v) is 8.60. The second-order valence-electron chi connectivity index (χ2n) is 13.2. The van der Waals surface area contributed by atoms with Crippen molar-refractivity contribution < 1.29 is 129 Å². The molecule has 0 bridgehead atoms. The maximum Gasteiger partial charge on any atom is 0.481 e. The number of fused-ring (bicyclic) bond motifs is 1. The van der Waals surface area contributed by atoms with Gasteiger partial charge >= 0.3 is 31.3 Å². The molecule has 5 heterocycles. The molecule has 14 atom stereocenters. The van der Waals surface area contributed by atoms with E-state index < -0.39 is 131 Å². The number of rotatable bonds is 20. The number of aliphatic hydroxyl groups is 7. The molecule has 0 radical (unpaired) electrons. The first-order valence-electron chi connectivity index (χ1n) is 17.4. The standard InChI is InChI=1S/C21H28N7O17P3.C6H13O9P/c22-17-12-19(25-7-24-17)28(8-26-12)21-16(44-46(33,34)35)14(30)11(43-21)6-41-48(38,39)45-47(36,37)40-5-10-13(29)15(31)20(42-10)27-3-1-2-9(4-27)18(23)32;7-1-3(8)5(10)6(11)4(9)2-15-16(12,13)14/h1-4,7-8,10-11,13-16,20-21,29-31H,5-6H2,(H7-,22,23,24,25,32,33,34,35,36,37,38,39);1,3-6,8-11H,2H2,(H2,12,13,14)/p+1/t10-,11-,13-,14-,15-,16-,20-,21-;3-,4+,5+,6+/m10/s1. The number of pyridine rings is 1. The molecule has 2 aliphatic heterocycles. The van der Waals surface area contributed by atoms with Crippen molar-refractivity contribution in [2.75, 3.05) is 25.6 Å². The molecule has 360 valence electrons. The molecule has 0 spiro atoms. The number of phosphoric ester groups is 4. The Bertz CT molecular complexity index is 2280. The van der Waals surface area contributed by atoms with Crippen LogP contribution >= 0.6 is 31.3 Å². The third-order valence-corrected chi connectivity index (χ3v) is 12.2.